The van der Waals surface area contributed by atoms with E-state index in [0.717, 1.165) is 62.3 Å². The molecule has 0 unspecified atom stereocenters. The molecule has 0 atom stereocenters. The first-order valence-corrected chi connectivity index (χ1v) is 13.3. The van der Waals surface area contributed by atoms with Crippen molar-refractivity contribution in [2.75, 3.05) is 13.1 Å². The van der Waals surface area contributed by atoms with Crippen LogP contribution in [0.25, 0.3) is 55.7 Å². The molecule has 8 heteroatoms. The highest BCUT2D eigenvalue weighted by Gasteiger charge is 2.16. The topological polar surface area (TPSA) is 86.4 Å². The second-order valence-corrected chi connectivity index (χ2v) is 10.2. The molecule has 0 aromatic carbocycles. The summed E-state index contributed by atoms with van der Waals surface area (Å²) < 4.78 is 0. The van der Waals surface area contributed by atoms with Gasteiger partial charge in [0.2, 0.25) is 0 Å². The highest BCUT2D eigenvalue weighted by molar-refractivity contribution is 7.08. The van der Waals surface area contributed by atoms with Gasteiger partial charge in [-0.3, -0.25) is 25.0 Å². The van der Waals surface area contributed by atoms with Crippen molar-refractivity contribution in [1.29, 1.82) is 0 Å². The maximum atomic E-state index is 4.72. The zero-order chi connectivity index (χ0) is 23.9. The van der Waals surface area contributed by atoms with Gasteiger partial charge in [-0.2, -0.15) is 16.4 Å². The minimum Gasteiger partial charge on any atom is -0.353 e. The van der Waals surface area contributed by atoms with Crippen molar-refractivity contribution in [3.05, 3.63) is 71.4 Å². The summed E-state index contributed by atoms with van der Waals surface area (Å²) in [5.41, 5.74) is 9.04. The summed E-state index contributed by atoms with van der Waals surface area (Å²) in [6.45, 7) is 3.28. The summed E-state index contributed by atoms with van der Waals surface area (Å²) in [6, 6.07) is 10.6. The number of thiophene rings is 1. The molecule has 6 aromatic heterocycles. The number of nitrogens with one attached hydrogen (secondary N) is 2. The molecular formula is C28H25N7S. The molecule has 1 aliphatic heterocycles. The summed E-state index contributed by atoms with van der Waals surface area (Å²) >= 11 is 1.68. The molecule has 0 spiro atoms. The lowest BCUT2D eigenvalue weighted by Gasteiger charge is -2.26. The summed E-state index contributed by atoms with van der Waals surface area (Å²) in [5, 5.41) is 14.1. The largest absolute Gasteiger partial charge is 0.353 e. The van der Waals surface area contributed by atoms with Crippen LogP contribution >= 0.6 is 11.3 Å². The van der Waals surface area contributed by atoms with Crippen LogP contribution in [-0.4, -0.2) is 48.1 Å². The third kappa shape index (κ3) is 3.88. The van der Waals surface area contributed by atoms with Crippen LogP contribution in [0.2, 0.25) is 0 Å². The Morgan fingerprint density at radius 1 is 0.861 bits per heavy atom. The van der Waals surface area contributed by atoms with E-state index in [4.69, 9.17) is 4.98 Å². The van der Waals surface area contributed by atoms with E-state index in [1.54, 1.807) is 11.3 Å². The quantitative estimate of drug-likeness (QED) is 0.296. The Balaban J connectivity index is 1.26. The smallest absolute Gasteiger partial charge is 0.116 e. The third-order valence-electron chi connectivity index (χ3n) is 6.99. The minimum atomic E-state index is 0.874. The van der Waals surface area contributed by atoms with Gasteiger partial charge in [0.05, 0.1) is 28.8 Å². The van der Waals surface area contributed by atoms with Crippen molar-refractivity contribution in [2.45, 2.75) is 25.8 Å². The Morgan fingerprint density at radius 3 is 2.67 bits per heavy atom. The molecule has 1 fully saturated rings. The second kappa shape index (κ2) is 8.96. The molecule has 7 nitrogen and oxygen atoms in total. The molecule has 0 aliphatic carbocycles. The van der Waals surface area contributed by atoms with Crippen molar-refractivity contribution < 1.29 is 0 Å². The van der Waals surface area contributed by atoms with Crippen LogP contribution in [0.15, 0.2) is 65.9 Å². The van der Waals surface area contributed by atoms with E-state index >= 15 is 0 Å². The molecule has 1 saturated heterocycles. The molecule has 1 aliphatic rings. The molecule has 0 saturated carbocycles. The van der Waals surface area contributed by atoms with Gasteiger partial charge in [0.25, 0.3) is 0 Å². The van der Waals surface area contributed by atoms with Crippen LogP contribution in [-0.2, 0) is 6.54 Å². The Bertz CT molecular complexity index is 1660. The monoisotopic (exact) mass is 491 g/mol. The van der Waals surface area contributed by atoms with Crippen LogP contribution in [0.3, 0.4) is 0 Å². The fourth-order valence-corrected chi connectivity index (χ4v) is 5.82. The van der Waals surface area contributed by atoms with Crippen molar-refractivity contribution in [2.24, 2.45) is 0 Å². The number of fused-ring (bicyclic) bond motifs is 2. The van der Waals surface area contributed by atoms with Gasteiger partial charge in [-0.1, -0.05) is 6.42 Å². The summed E-state index contributed by atoms with van der Waals surface area (Å²) in [5.74, 6) is 0. The molecule has 178 valence electrons. The standard InChI is InChI=1S/C28H25N7S/c1-2-7-35(8-3-1)16-18-10-20(14-29-13-18)24-11-22-26(15-31-24)33-34-28(22)25-12-21-23(32-25)4-6-30-27(21)19-5-9-36-17-19/h4-6,9-15,17,32H,1-3,7-8,16H2,(H,33,34). The lowest BCUT2D eigenvalue weighted by Crippen LogP contribution is -2.29. The van der Waals surface area contributed by atoms with E-state index in [1.807, 2.05) is 30.9 Å². The van der Waals surface area contributed by atoms with Crippen LogP contribution in [0.5, 0.6) is 0 Å². The number of pyridine rings is 3. The molecule has 7 rings (SSSR count). The van der Waals surface area contributed by atoms with E-state index in [2.05, 4.69) is 65.1 Å². The SMILES string of the molecule is c1cc2[nH]c(-c3n[nH]c4cnc(-c5cncc(CN6CCCCC6)c5)cc34)cc2c(-c2ccsc2)n1. The number of aromatic amines is 2. The Kier molecular flexibility index (Phi) is 5.33. The molecule has 0 amide bonds. The zero-order valence-electron chi connectivity index (χ0n) is 19.7. The van der Waals surface area contributed by atoms with Gasteiger partial charge >= 0.3 is 0 Å². The number of rotatable bonds is 5. The zero-order valence-corrected chi connectivity index (χ0v) is 20.6. The molecule has 7 heterocycles. The summed E-state index contributed by atoms with van der Waals surface area (Å²) in [7, 11) is 0. The maximum Gasteiger partial charge on any atom is 0.116 e. The predicted molar refractivity (Wildman–Crippen MR) is 145 cm³/mol. The van der Waals surface area contributed by atoms with Crippen molar-refractivity contribution in [3.63, 3.8) is 0 Å². The molecule has 0 radical (unpaired) electrons. The first-order chi connectivity index (χ1) is 17.8. The first-order valence-electron chi connectivity index (χ1n) is 12.3. The lowest BCUT2D eigenvalue weighted by molar-refractivity contribution is 0.220. The van der Waals surface area contributed by atoms with Crippen molar-refractivity contribution in [3.8, 4) is 33.9 Å². The van der Waals surface area contributed by atoms with Crippen molar-refractivity contribution in [1.82, 2.24) is 35.0 Å². The van der Waals surface area contributed by atoms with Crippen molar-refractivity contribution >= 4 is 33.1 Å². The number of H-pyrrole nitrogens is 2. The van der Waals surface area contributed by atoms with E-state index in [-0.39, 0.29) is 0 Å². The molecule has 0 bridgehead atoms. The Labute approximate surface area is 212 Å². The number of hydrogen-bond donors (Lipinski definition) is 2. The van der Waals surface area contributed by atoms with E-state index < -0.39 is 0 Å². The highest BCUT2D eigenvalue weighted by atomic mass is 32.1. The maximum absolute atomic E-state index is 4.72. The van der Waals surface area contributed by atoms with Gasteiger partial charge in [-0.25, -0.2) is 0 Å². The van der Waals surface area contributed by atoms with Crippen LogP contribution < -0.4 is 0 Å². The summed E-state index contributed by atoms with van der Waals surface area (Å²) in [6.07, 6.45) is 11.5. The molecule has 36 heavy (non-hydrogen) atoms. The number of likely N-dealkylation sites (tertiary alicyclic amines) is 1. The number of nitrogens with zero attached hydrogens (tertiary/aromatic N) is 5. The molecule has 6 aromatic rings. The molecule has 2 N–H and O–H groups in total. The fraction of sp³-hybridized carbons (Fsp3) is 0.214. The van der Waals surface area contributed by atoms with Crippen LogP contribution in [0.4, 0.5) is 0 Å². The van der Waals surface area contributed by atoms with Gasteiger partial charge in [0, 0.05) is 57.9 Å². The van der Waals surface area contributed by atoms with E-state index in [1.165, 1.54) is 37.9 Å². The Morgan fingerprint density at radius 2 is 1.78 bits per heavy atom. The number of piperidine rings is 1. The van der Waals surface area contributed by atoms with Gasteiger partial charge in [-0.15, -0.1) is 0 Å². The van der Waals surface area contributed by atoms with Crippen LogP contribution in [0, 0.1) is 0 Å². The number of aromatic nitrogens is 6. The minimum absolute atomic E-state index is 0.874. The van der Waals surface area contributed by atoms with E-state index in [9.17, 15) is 0 Å². The average molecular weight is 492 g/mol. The third-order valence-corrected chi connectivity index (χ3v) is 7.67. The van der Waals surface area contributed by atoms with Gasteiger partial charge in [-0.05, 0) is 67.2 Å². The highest BCUT2D eigenvalue weighted by Crippen LogP contribution is 2.34. The van der Waals surface area contributed by atoms with Gasteiger partial charge in [0.1, 0.15) is 5.69 Å². The predicted octanol–water partition coefficient (Wildman–Crippen LogP) is 6.28. The fourth-order valence-electron chi connectivity index (χ4n) is 5.18. The Hall–Kier alpha value is -3.88. The number of hydrogen-bond acceptors (Lipinski definition) is 6. The van der Waals surface area contributed by atoms with Gasteiger partial charge < -0.3 is 4.98 Å². The van der Waals surface area contributed by atoms with Gasteiger partial charge in [0.15, 0.2) is 0 Å². The van der Waals surface area contributed by atoms with E-state index in [0.29, 0.717) is 0 Å². The average Bonchev–Trinajstić information content (AvgIpc) is 3.68. The first kappa shape index (κ1) is 21.4. The lowest BCUT2D eigenvalue weighted by atomic mass is 10.1. The normalized spacial score (nSPS) is 14.7. The summed E-state index contributed by atoms with van der Waals surface area (Å²) in [4.78, 5) is 20.0. The second-order valence-electron chi connectivity index (χ2n) is 9.42. The molecular weight excluding hydrogens is 466 g/mol. The van der Waals surface area contributed by atoms with Crippen LogP contribution in [0.1, 0.15) is 24.8 Å².